The molecule has 0 aliphatic heterocycles. The average Bonchev–Trinajstić information content (AvgIpc) is 2.51. The lowest BCUT2D eigenvalue weighted by Gasteiger charge is -2.37. The first-order chi connectivity index (χ1) is 10.3. The fourth-order valence-corrected chi connectivity index (χ4v) is 2.83. The molecule has 0 spiro atoms. The van der Waals surface area contributed by atoms with Crippen LogP contribution >= 0.6 is 0 Å². The number of aliphatic hydroxyl groups is 1. The van der Waals surface area contributed by atoms with E-state index in [1.54, 1.807) is 7.11 Å². The molecule has 1 aliphatic rings. The van der Waals surface area contributed by atoms with Gasteiger partial charge in [0, 0.05) is 11.7 Å². The fraction of sp³-hybridized carbons (Fsp3) is 0.333. The summed E-state index contributed by atoms with van der Waals surface area (Å²) in [5, 5.41) is 12.6. The lowest BCUT2D eigenvalue weighted by atomic mass is 9.76. The Labute approximate surface area is 125 Å². The van der Waals surface area contributed by atoms with Gasteiger partial charge in [0.1, 0.15) is 5.75 Å². The Kier molecular flexibility index (Phi) is 4.11. The second-order valence-corrected chi connectivity index (χ2v) is 5.64. The van der Waals surface area contributed by atoms with Gasteiger partial charge in [-0.3, -0.25) is 0 Å². The van der Waals surface area contributed by atoms with Crippen LogP contribution in [0.2, 0.25) is 0 Å². The first-order valence-corrected chi connectivity index (χ1v) is 7.39. The van der Waals surface area contributed by atoms with Crippen molar-refractivity contribution >= 4 is 5.69 Å². The smallest absolute Gasteiger partial charge is 0.118 e. The Bertz CT molecular complexity index is 571. The van der Waals surface area contributed by atoms with Crippen molar-refractivity contribution in [2.24, 2.45) is 0 Å². The summed E-state index contributed by atoms with van der Waals surface area (Å²) in [6, 6.07) is 16.9. The Morgan fingerprint density at radius 2 is 1.71 bits per heavy atom. The summed E-state index contributed by atoms with van der Waals surface area (Å²) in [6.07, 6.45) is 2.32. The third kappa shape index (κ3) is 3.19. The standard InChI is InChI=1S/C18H21NO2/c1-21-18-8-4-14(5-9-18)15-10-17(11-15)19-16-6-2-13(12-20)3-7-16/h2-9,15,17,19-20H,10-12H2,1H3. The molecule has 2 N–H and O–H groups in total. The number of nitrogens with one attached hydrogen (secondary N) is 1. The maximum absolute atomic E-state index is 9.04. The predicted octanol–water partition coefficient (Wildman–Crippen LogP) is 3.55. The van der Waals surface area contributed by atoms with E-state index < -0.39 is 0 Å². The molecule has 110 valence electrons. The highest BCUT2D eigenvalue weighted by Gasteiger charge is 2.30. The Balaban J connectivity index is 1.52. The number of hydrogen-bond acceptors (Lipinski definition) is 3. The van der Waals surface area contributed by atoms with Crippen LogP contribution < -0.4 is 10.1 Å². The molecule has 1 fully saturated rings. The number of rotatable bonds is 5. The Morgan fingerprint density at radius 1 is 1.05 bits per heavy atom. The number of aliphatic hydroxyl groups excluding tert-OH is 1. The van der Waals surface area contributed by atoms with Gasteiger partial charge in [-0.2, -0.15) is 0 Å². The van der Waals surface area contributed by atoms with Gasteiger partial charge in [0.05, 0.1) is 13.7 Å². The summed E-state index contributed by atoms with van der Waals surface area (Å²) in [6.45, 7) is 0.100. The number of benzene rings is 2. The van der Waals surface area contributed by atoms with Gasteiger partial charge in [0.15, 0.2) is 0 Å². The van der Waals surface area contributed by atoms with Crippen LogP contribution in [0.3, 0.4) is 0 Å². The van der Waals surface area contributed by atoms with Crippen molar-refractivity contribution in [3.05, 3.63) is 59.7 Å². The second-order valence-electron chi connectivity index (χ2n) is 5.64. The van der Waals surface area contributed by atoms with Gasteiger partial charge >= 0.3 is 0 Å². The largest absolute Gasteiger partial charge is 0.497 e. The van der Waals surface area contributed by atoms with Gasteiger partial charge < -0.3 is 15.2 Å². The van der Waals surface area contributed by atoms with Crippen LogP contribution in [0.1, 0.15) is 29.9 Å². The SMILES string of the molecule is COc1ccc(C2CC(Nc3ccc(CO)cc3)C2)cc1. The Hall–Kier alpha value is -2.00. The molecule has 0 bridgehead atoms. The van der Waals surface area contributed by atoms with Crippen molar-refractivity contribution in [2.45, 2.75) is 31.4 Å². The maximum atomic E-state index is 9.04. The van der Waals surface area contributed by atoms with E-state index in [-0.39, 0.29) is 6.61 Å². The van der Waals surface area contributed by atoms with Gasteiger partial charge in [-0.25, -0.2) is 0 Å². The van der Waals surface area contributed by atoms with E-state index in [0.29, 0.717) is 12.0 Å². The molecule has 3 nitrogen and oxygen atoms in total. The van der Waals surface area contributed by atoms with E-state index in [4.69, 9.17) is 9.84 Å². The molecule has 1 aliphatic carbocycles. The summed E-state index contributed by atoms with van der Waals surface area (Å²) >= 11 is 0. The highest BCUT2D eigenvalue weighted by molar-refractivity contribution is 5.46. The highest BCUT2D eigenvalue weighted by atomic mass is 16.5. The Morgan fingerprint density at radius 3 is 2.29 bits per heavy atom. The number of anilines is 1. The summed E-state index contributed by atoms with van der Waals surface area (Å²) < 4.78 is 5.19. The zero-order valence-electron chi connectivity index (χ0n) is 12.3. The van der Waals surface area contributed by atoms with E-state index in [1.165, 1.54) is 5.56 Å². The van der Waals surface area contributed by atoms with Crippen molar-refractivity contribution in [1.82, 2.24) is 0 Å². The van der Waals surface area contributed by atoms with Crippen molar-refractivity contribution in [3.8, 4) is 5.75 Å². The van der Waals surface area contributed by atoms with E-state index >= 15 is 0 Å². The normalized spacial score (nSPS) is 20.7. The van der Waals surface area contributed by atoms with Crippen LogP contribution in [0.25, 0.3) is 0 Å². The molecule has 0 aromatic heterocycles. The number of ether oxygens (including phenoxy) is 1. The lowest BCUT2D eigenvalue weighted by molar-refractivity contribution is 0.282. The zero-order chi connectivity index (χ0) is 14.7. The molecule has 0 heterocycles. The predicted molar refractivity (Wildman–Crippen MR) is 84.7 cm³/mol. The minimum absolute atomic E-state index is 0.100. The van der Waals surface area contributed by atoms with Crippen molar-refractivity contribution < 1.29 is 9.84 Å². The quantitative estimate of drug-likeness (QED) is 0.882. The molecule has 0 unspecified atom stereocenters. The number of hydrogen-bond donors (Lipinski definition) is 2. The van der Waals surface area contributed by atoms with E-state index in [9.17, 15) is 0 Å². The van der Waals surface area contributed by atoms with Crippen LogP contribution in [-0.2, 0) is 6.61 Å². The average molecular weight is 283 g/mol. The molecule has 0 radical (unpaired) electrons. The van der Waals surface area contributed by atoms with Gasteiger partial charge in [0.2, 0.25) is 0 Å². The molecule has 2 aromatic carbocycles. The molecule has 0 saturated heterocycles. The summed E-state index contributed by atoms with van der Waals surface area (Å²) in [5.74, 6) is 1.56. The van der Waals surface area contributed by atoms with Crippen LogP contribution in [0.15, 0.2) is 48.5 Å². The monoisotopic (exact) mass is 283 g/mol. The summed E-state index contributed by atoms with van der Waals surface area (Å²) in [4.78, 5) is 0. The van der Waals surface area contributed by atoms with Gasteiger partial charge in [-0.15, -0.1) is 0 Å². The molecule has 0 amide bonds. The summed E-state index contributed by atoms with van der Waals surface area (Å²) in [5.41, 5.74) is 3.47. The molecular weight excluding hydrogens is 262 g/mol. The number of methoxy groups -OCH3 is 1. The topological polar surface area (TPSA) is 41.5 Å². The van der Waals surface area contributed by atoms with Gasteiger partial charge in [-0.05, 0) is 54.2 Å². The molecular formula is C18H21NO2. The minimum Gasteiger partial charge on any atom is -0.497 e. The van der Waals surface area contributed by atoms with Crippen LogP contribution in [0.4, 0.5) is 5.69 Å². The molecule has 2 aromatic rings. The van der Waals surface area contributed by atoms with E-state index in [2.05, 4.69) is 17.4 Å². The van der Waals surface area contributed by atoms with Crippen molar-refractivity contribution in [1.29, 1.82) is 0 Å². The second kappa shape index (κ2) is 6.19. The fourth-order valence-electron chi connectivity index (χ4n) is 2.83. The maximum Gasteiger partial charge on any atom is 0.118 e. The molecule has 1 saturated carbocycles. The van der Waals surface area contributed by atoms with Crippen molar-refractivity contribution in [2.75, 3.05) is 12.4 Å². The zero-order valence-corrected chi connectivity index (χ0v) is 12.3. The van der Waals surface area contributed by atoms with Crippen LogP contribution in [0.5, 0.6) is 5.75 Å². The van der Waals surface area contributed by atoms with Crippen LogP contribution in [0, 0.1) is 0 Å². The van der Waals surface area contributed by atoms with E-state index in [1.807, 2.05) is 36.4 Å². The first-order valence-electron chi connectivity index (χ1n) is 7.39. The lowest BCUT2D eigenvalue weighted by Crippen LogP contribution is -2.33. The van der Waals surface area contributed by atoms with Gasteiger partial charge in [0.25, 0.3) is 0 Å². The highest BCUT2D eigenvalue weighted by Crippen LogP contribution is 2.38. The third-order valence-corrected chi connectivity index (χ3v) is 4.23. The summed E-state index contributed by atoms with van der Waals surface area (Å²) in [7, 11) is 1.69. The first kappa shape index (κ1) is 14.0. The van der Waals surface area contributed by atoms with E-state index in [0.717, 1.165) is 29.8 Å². The van der Waals surface area contributed by atoms with Crippen LogP contribution in [-0.4, -0.2) is 18.3 Å². The van der Waals surface area contributed by atoms with Crippen molar-refractivity contribution in [3.63, 3.8) is 0 Å². The third-order valence-electron chi connectivity index (χ3n) is 4.23. The molecule has 21 heavy (non-hydrogen) atoms. The molecule has 3 rings (SSSR count). The molecule has 0 atom stereocenters. The molecule has 3 heteroatoms. The minimum atomic E-state index is 0.100. The van der Waals surface area contributed by atoms with Gasteiger partial charge in [-0.1, -0.05) is 24.3 Å².